The highest BCUT2D eigenvalue weighted by atomic mass is 32.2. The summed E-state index contributed by atoms with van der Waals surface area (Å²) in [7, 11) is 1.57. The smallest absolute Gasteiger partial charge is 0.324 e. The van der Waals surface area contributed by atoms with Gasteiger partial charge in [-0.2, -0.15) is 0 Å². The molecule has 200 valence electrons. The van der Waals surface area contributed by atoms with Gasteiger partial charge in [0.2, 0.25) is 5.91 Å². The van der Waals surface area contributed by atoms with E-state index in [9.17, 15) is 32.5 Å². The van der Waals surface area contributed by atoms with Gasteiger partial charge in [0.1, 0.15) is 35.5 Å². The molecule has 2 aromatic carbocycles. The fourth-order valence-electron chi connectivity index (χ4n) is 5.38. The average molecular weight is 545 g/mol. The zero-order valence-electron chi connectivity index (χ0n) is 21.0. The van der Waals surface area contributed by atoms with E-state index in [2.05, 4.69) is 10.6 Å². The van der Waals surface area contributed by atoms with E-state index in [1.54, 1.807) is 25.2 Å². The molecule has 12 heteroatoms. The second-order valence-corrected chi connectivity index (χ2v) is 12.5. The number of benzene rings is 2. The zero-order chi connectivity index (χ0) is 27.6. The van der Waals surface area contributed by atoms with Crippen molar-refractivity contribution >= 4 is 40.6 Å². The SMILES string of the molecule is CN1C(=O)NC(=O)[C@@]12Cc1ccc(NC(=O)CN3C(=O)C(C)(C)[S+]([O-])C[C@H]3c3cc(F)cc(F)c3)cc1C2. The van der Waals surface area contributed by atoms with Crippen LogP contribution in [0.25, 0.3) is 0 Å². The minimum Gasteiger partial charge on any atom is -0.615 e. The molecule has 5 amide bonds. The van der Waals surface area contributed by atoms with Crippen LogP contribution >= 0.6 is 0 Å². The molecule has 0 saturated carbocycles. The molecule has 1 spiro atoms. The van der Waals surface area contributed by atoms with E-state index in [-0.39, 0.29) is 23.6 Å². The lowest BCUT2D eigenvalue weighted by atomic mass is 9.95. The summed E-state index contributed by atoms with van der Waals surface area (Å²) in [6, 6.07) is 6.59. The lowest BCUT2D eigenvalue weighted by Gasteiger charge is -2.43. The summed E-state index contributed by atoms with van der Waals surface area (Å²) in [5.74, 6) is -3.25. The number of imide groups is 1. The van der Waals surface area contributed by atoms with Crippen molar-refractivity contribution in [2.24, 2.45) is 0 Å². The summed E-state index contributed by atoms with van der Waals surface area (Å²) in [6.07, 6.45) is 0.642. The molecule has 2 heterocycles. The topological polar surface area (TPSA) is 122 Å². The lowest BCUT2D eigenvalue weighted by Crippen LogP contribution is -2.59. The van der Waals surface area contributed by atoms with Gasteiger partial charge in [-0.3, -0.25) is 19.7 Å². The second kappa shape index (κ2) is 9.05. The zero-order valence-corrected chi connectivity index (χ0v) is 21.8. The number of likely N-dealkylation sites (N-methyl/N-ethyl adjacent to an activating group) is 1. The molecule has 2 fully saturated rings. The van der Waals surface area contributed by atoms with Gasteiger partial charge in [0.05, 0.1) is 0 Å². The monoisotopic (exact) mass is 544 g/mol. The molecule has 3 aliphatic rings. The molecule has 2 saturated heterocycles. The molecule has 9 nitrogen and oxygen atoms in total. The second-order valence-electron chi connectivity index (χ2n) is 10.4. The van der Waals surface area contributed by atoms with E-state index in [0.29, 0.717) is 18.2 Å². The third-order valence-electron chi connectivity index (χ3n) is 7.66. The number of halogens is 2. The van der Waals surface area contributed by atoms with E-state index < -0.39 is 63.5 Å². The Labute approximate surface area is 220 Å². The van der Waals surface area contributed by atoms with Crippen LogP contribution in [0.2, 0.25) is 0 Å². The number of amides is 5. The highest BCUT2D eigenvalue weighted by molar-refractivity contribution is 7.93. The third kappa shape index (κ3) is 4.21. The number of urea groups is 1. The summed E-state index contributed by atoms with van der Waals surface area (Å²) in [6.45, 7) is 2.59. The van der Waals surface area contributed by atoms with Gasteiger partial charge in [0.15, 0.2) is 4.75 Å². The van der Waals surface area contributed by atoms with Gasteiger partial charge in [-0.1, -0.05) is 6.07 Å². The largest absolute Gasteiger partial charge is 0.615 e. The quantitative estimate of drug-likeness (QED) is 0.451. The average Bonchev–Trinajstić information content (AvgIpc) is 3.31. The van der Waals surface area contributed by atoms with Crippen LogP contribution in [0.4, 0.5) is 19.3 Å². The first-order valence-corrected chi connectivity index (χ1v) is 13.3. The van der Waals surface area contributed by atoms with E-state index in [1.165, 1.54) is 23.6 Å². The van der Waals surface area contributed by atoms with Gasteiger partial charge in [-0.05, 0) is 66.0 Å². The van der Waals surface area contributed by atoms with Crippen LogP contribution in [-0.2, 0) is 38.4 Å². The number of nitrogens with zero attached hydrogens (tertiary/aromatic N) is 2. The number of nitrogens with one attached hydrogen (secondary N) is 2. The van der Waals surface area contributed by atoms with E-state index in [4.69, 9.17) is 0 Å². The van der Waals surface area contributed by atoms with Crippen molar-refractivity contribution in [1.82, 2.24) is 15.1 Å². The Morgan fingerprint density at radius 2 is 1.76 bits per heavy atom. The maximum absolute atomic E-state index is 14.0. The van der Waals surface area contributed by atoms with Crippen LogP contribution in [0.3, 0.4) is 0 Å². The summed E-state index contributed by atoms with van der Waals surface area (Å²) < 4.78 is 39.4. The molecule has 1 unspecified atom stereocenters. The summed E-state index contributed by atoms with van der Waals surface area (Å²) in [5, 5.41) is 5.08. The number of hydrogen-bond donors (Lipinski definition) is 2. The van der Waals surface area contributed by atoms with Crippen molar-refractivity contribution in [3.8, 4) is 0 Å². The predicted molar refractivity (Wildman–Crippen MR) is 134 cm³/mol. The van der Waals surface area contributed by atoms with Gasteiger partial charge in [-0.25, -0.2) is 13.6 Å². The number of carbonyl (C=O) groups is 4. The van der Waals surface area contributed by atoms with Crippen LogP contribution in [0.1, 0.15) is 36.6 Å². The van der Waals surface area contributed by atoms with Crippen molar-refractivity contribution in [1.29, 1.82) is 0 Å². The molecule has 0 radical (unpaired) electrons. The van der Waals surface area contributed by atoms with Crippen LogP contribution in [-0.4, -0.2) is 67.7 Å². The van der Waals surface area contributed by atoms with Crippen LogP contribution < -0.4 is 10.6 Å². The molecule has 0 aromatic heterocycles. The van der Waals surface area contributed by atoms with E-state index in [0.717, 1.165) is 23.3 Å². The normalized spacial score (nSPS) is 26.1. The van der Waals surface area contributed by atoms with Crippen molar-refractivity contribution in [2.45, 2.75) is 43.0 Å². The van der Waals surface area contributed by atoms with Crippen LogP contribution in [0.15, 0.2) is 36.4 Å². The Kier molecular flexibility index (Phi) is 6.22. The third-order valence-corrected chi connectivity index (χ3v) is 9.59. The number of anilines is 1. The molecular formula is C26H26F2N4O5S. The number of carbonyl (C=O) groups excluding carboxylic acids is 4. The standard InChI is InChI=1S/C26H26F2N4O5S/c1-25(2)23(35)32(20(13-38(25)37)15-6-17(27)9-18(28)7-15)12-21(33)29-19-5-4-14-10-26(11-16(14)8-19)22(34)30-24(36)31(26)3/h4-9,20H,10-13H2,1-3H3,(H,29,33)(H,30,34,36)/t20-,26-,38?/m0/s1. The maximum Gasteiger partial charge on any atom is 0.324 e. The fourth-order valence-corrected chi connectivity index (χ4v) is 6.77. The van der Waals surface area contributed by atoms with Gasteiger partial charge in [0, 0.05) is 31.6 Å². The predicted octanol–water partition coefficient (Wildman–Crippen LogP) is 2.03. The van der Waals surface area contributed by atoms with Crippen molar-refractivity contribution in [2.75, 3.05) is 24.7 Å². The van der Waals surface area contributed by atoms with Crippen molar-refractivity contribution in [3.05, 3.63) is 64.7 Å². The molecule has 38 heavy (non-hydrogen) atoms. The molecule has 2 aliphatic heterocycles. The van der Waals surface area contributed by atoms with Gasteiger partial charge < -0.3 is 19.7 Å². The van der Waals surface area contributed by atoms with Crippen LogP contribution in [0, 0.1) is 11.6 Å². The molecule has 2 aromatic rings. The summed E-state index contributed by atoms with van der Waals surface area (Å²) in [5.41, 5.74) is 1.22. The van der Waals surface area contributed by atoms with E-state index in [1.807, 2.05) is 0 Å². The van der Waals surface area contributed by atoms with Crippen molar-refractivity contribution in [3.63, 3.8) is 0 Å². The molecule has 0 bridgehead atoms. The molecule has 3 atom stereocenters. The number of rotatable bonds is 4. The Morgan fingerprint density at radius 1 is 1.11 bits per heavy atom. The Hall–Kier alpha value is -3.51. The summed E-state index contributed by atoms with van der Waals surface area (Å²) in [4.78, 5) is 53.5. The highest BCUT2D eigenvalue weighted by Gasteiger charge is 2.54. The summed E-state index contributed by atoms with van der Waals surface area (Å²) >= 11 is -1.64. The van der Waals surface area contributed by atoms with Crippen molar-refractivity contribution < 1.29 is 32.5 Å². The number of fused-ring (bicyclic) bond motifs is 1. The molecule has 1 aliphatic carbocycles. The first-order chi connectivity index (χ1) is 17.8. The Bertz CT molecular complexity index is 1370. The maximum atomic E-state index is 14.0. The van der Waals surface area contributed by atoms with Gasteiger partial charge >= 0.3 is 6.03 Å². The van der Waals surface area contributed by atoms with E-state index >= 15 is 0 Å². The fraction of sp³-hybridized carbons (Fsp3) is 0.385. The first kappa shape index (κ1) is 26.1. The Balaban J connectivity index is 1.36. The highest BCUT2D eigenvalue weighted by Crippen LogP contribution is 2.39. The first-order valence-electron chi connectivity index (χ1n) is 12.0. The lowest BCUT2D eigenvalue weighted by molar-refractivity contribution is -0.139. The van der Waals surface area contributed by atoms with Gasteiger partial charge in [0.25, 0.3) is 11.8 Å². The Morgan fingerprint density at radius 3 is 2.39 bits per heavy atom. The van der Waals surface area contributed by atoms with Gasteiger partial charge in [-0.15, -0.1) is 0 Å². The molecule has 2 N–H and O–H groups in total. The minimum absolute atomic E-state index is 0.0792. The minimum atomic E-state index is -1.64. The van der Waals surface area contributed by atoms with Crippen LogP contribution in [0.5, 0.6) is 0 Å². The number of hydrogen-bond acceptors (Lipinski definition) is 5. The molecule has 5 rings (SSSR count). The molecular weight excluding hydrogens is 518 g/mol.